The first-order valence-corrected chi connectivity index (χ1v) is 17.1. The van der Waals surface area contributed by atoms with E-state index >= 15 is 0 Å². The molecule has 0 radical (unpaired) electrons. The number of rotatable bonds is 4. The van der Waals surface area contributed by atoms with Gasteiger partial charge in [0.25, 0.3) is 0 Å². The van der Waals surface area contributed by atoms with E-state index in [4.69, 9.17) is 9.31 Å². The van der Waals surface area contributed by atoms with Gasteiger partial charge in [0.1, 0.15) is 0 Å². The van der Waals surface area contributed by atoms with Crippen LogP contribution in [0.25, 0.3) is 69.9 Å². The van der Waals surface area contributed by atoms with Crippen LogP contribution in [0, 0.1) is 0 Å². The molecule has 1 saturated heterocycles. The molecule has 1 aliphatic heterocycles. The molecule has 3 heterocycles. The number of para-hydroxylation sites is 2. The number of benzene rings is 6. The zero-order chi connectivity index (χ0) is 31.9. The van der Waals surface area contributed by atoms with Crippen LogP contribution in [0.4, 0.5) is 0 Å². The Kier molecular flexibility index (Phi) is 6.32. The highest BCUT2D eigenvalue weighted by Gasteiger charge is 2.51. The lowest BCUT2D eigenvalue weighted by atomic mass is 9.78. The van der Waals surface area contributed by atoms with Crippen LogP contribution in [0.3, 0.4) is 0 Å². The molecule has 0 N–H and O–H groups in total. The molecule has 1 aliphatic rings. The Morgan fingerprint density at radius 3 is 1.74 bits per heavy atom. The van der Waals surface area contributed by atoms with Crippen LogP contribution in [-0.4, -0.2) is 22.9 Å². The van der Waals surface area contributed by atoms with Crippen molar-refractivity contribution < 1.29 is 9.31 Å². The van der Waals surface area contributed by atoms with Gasteiger partial charge in [-0.2, -0.15) is 0 Å². The highest BCUT2D eigenvalue weighted by atomic mass is 32.1. The molecule has 2 aromatic heterocycles. The van der Waals surface area contributed by atoms with Crippen LogP contribution in [0.15, 0.2) is 133 Å². The number of aromatic nitrogens is 1. The number of hydrogen-bond donors (Lipinski definition) is 0. The molecule has 0 amide bonds. The molecular formula is C42H34BNO2S. The average Bonchev–Trinajstić information content (AvgIpc) is 3.71. The van der Waals surface area contributed by atoms with Gasteiger partial charge in [0.05, 0.1) is 22.2 Å². The summed E-state index contributed by atoms with van der Waals surface area (Å²) in [6, 6.07) is 48.5. The molecule has 9 rings (SSSR count). The highest BCUT2D eigenvalue weighted by Crippen LogP contribution is 2.45. The first-order chi connectivity index (χ1) is 22.8. The number of thiophene rings is 1. The Morgan fingerprint density at radius 2 is 1.06 bits per heavy atom. The van der Waals surface area contributed by atoms with Crippen LogP contribution in [0.2, 0.25) is 0 Å². The fraction of sp³-hybridized carbons (Fsp3) is 0.143. The monoisotopic (exact) mass is 627 g/mol. The van der Waals surface area contributed by atoms with Crippen molar-refractivity contribution in [3.8, 4) is 27.9 Å². The summed E-state index contributed by atoms with van der Waals surface area (Å²) < 4.78 is 17.6. The van der Waals surface area contributed by atoms with Crippen LogP contribution in [-0.2, 0) is 9.31 Å². The summed E-state index contributed by atoms with van der Waals surface area (Å²) in [6.07, 6.45) is 0. The van der Waals surface area contributed by atoms with Gasteiger partial charge in [-0.15, -0.1) is 11.3 Å². The zero-order valence-corrected chi connectivity index (χ0v) is 27.8. The molecule has 0 bridgehead atoms. The largest absolute Gasteiger partial charge is 0.494 e. The average molecular weight is 628 g/mol. The highest BCUT2D eigenvalue weighted by molar-refractivity contribution is 7.26. The molecule has 228 valence electrons. The van der Waals surface area contributed by atoms with Crippen LogP contribution in [0.1, 0.15) is 27.7 Å². The van der Waals surface area contributed by atoms with E-state index in [0.717, 1.165) is 5.46 Å². The third kappa shape index (κ3) is 4.41. The molecule has 8 aromatic rings. The third-order valence-electron chi connectivity index (χ3n) is 10.3. The molecule has 0 aliphatic carbocycles. The molecule has 0 atom stereocenters. The second kappa shape index (κ2) is 10.4. The Balaban J connectivity index is 1.15. The Morgan fingerprint density at radius 1 is 0.511 bits per heavy atom. The fourth-order valence-corrected chi connectivity index (χ4v) is 8.44. The minimum atomic E-state index is -0.365. The molecule has 0 unspecified atom stereocenters. The predicted molar refractivity (Wildman–Crippen MR) is 200 cm³/mol. The lowest BCUT2D eigenvalue weighted by molar-refractivity contribution is 0.00578. The summed E-state index contributed by atoms with van der Waals surface area (Å²) in [7, 11) is -0.365. The van der Waals surface area contributed by atoms with E-state index in [-0.39, 0.29) is 18.3 Å². The maximum atomic E-state index is 6.31. The van der Waals surface area contributed by atoms with E-state index in [2.05, 4.69) is 166 Å². The quantitative estimate of drug-likeness (QED) is 0.181. The standard InChI is InChI=1S/C42H34BNO2S/c1-41(2)42(3,4)46-43(45-41)29-23-20-27(21-24-29)31-15-10-17-34-35-18-11-16-32(40(35)47-39(31)34)28-22-25-38-36(26-28)33-14-8-9-19-37(33)44(38)30-12-6-5-7-13-30/h5-26H,1-4H3. The van der Waals surface area contributed by atoms with Crippen molar-refractivity contribution in [3.63, 3.8) is 0 Å². The van der Waals surface area contributed by atoms with Crippen LogP contribution in [0.5, 0.6) is 0 Å². The second-order valence-electron chi connectivity index (χ2n) is 13.6. The summed E-state index contributed by atoms with van der Waals surface area (Å²) in [6.45, 7) is 8.38. The van der Waals surface area contributed by atoms with Gasteiger partial charge in [0.15, 0.2) is 0 Å². The minimum absolute atomic E-state index is 0.361. The summed E-state index contributed by atoms with van der Waals surface area (Å²) in [5.74, 6) is 0. The van der Waals surface area contributed by atoms with E-state index in [1.165, 1.54) is 69.9 Å². The molecule has 1 fully saturated rings. The molecule has 0 saturated carbocycles. The minimum Gasteiger partial charge on any atom is -0.399 e. The summed E-state index contributed by atoms with van der Waals surface area (Å²) in [5, 5.41) is 5.12. The van der Waals surface area contributed by atoms with E-state index in [1.54, 1.807) is 0 Å². The molecule has 0 spiro atoms. The van der Waals surface area contributed by atoms with E-state index in [9.17, 15) is 0 Å². The van der Waals surface area contributed by atoms with Gasteiger partial charge in [-0.05, 0) is 85.7 Å². The van der Waals surface area contributed by atoms with Crippen molar-refractivity contribution in [1.29, 1.82) is 0 Å². The lowest BCUT2D eigenvalue weighted by Gasteiger charge is -2.32. The van der Waals surface area contributed by atoms with Gasteiger partial charge < -0.3 is 13.9 Å². The maximum absolute atomic E-state index is 6.31. The normalized spacial score (nSPS) is 15.8. The van der Waals surface area contributed by atoms with E-state index < -0.39 is 0 Å². The lowest BCUT2D eigenvalue weighted by Crippen LogP contribution is -2.41. The molecule has 47 heavy (non-hydrogen) atoms. The van der Waals surface area contributed by atoms with Crippen molar-refractivity contribution in [3.05, 3.63) is 133 Å². The molecular weight excluding hydrogens is 593 g/mol. The van der Waals surface area contributed by atoms with E-state index in [1.807, 2.05) is 11.3 Å². The van der Waals surface area contributed by atoms with Crippen molar-refractivity contribution in [2.75, 3.05) is 0 Å². The Bertz CT molecular complexity index is 2460. The Hall–Kier alpha value is -4.68. The van der Waals surface area contributed by atoms with Gasteiger partial charge in [-0.3, -0.25) is 0 Å². The van der Waals surface area contributed by atoms with Crippen molar-refractivity contribution in [1.82, 2.24) is 4.57 Å². The number of fused-ring (bicyclic) bond motifs is 6. The maximum Gasteiger partial charge on any atom is 0.494 e. The van der Waals surface area contributed by atoms with Gasteiger partial charge >= 0.3 is 7.12 Å². The SMILES string of the molecule is CC1(C)OB(c2ccc(-c3cccc4c3sc3c(-c5ccc6c(c5)c5ccccc5n6-c5ccccc5)cccc34)cc2)OC1(C)C. The zero-order valence-electron chi connectivity index (χ0n) is 27.0. The predicted octanol–water partition coefficient (Wildman–Crippen LogP) is 10.8. The first-order valence-electron chi connectivity index (χ1n) is 16.3. The third-order valence-corrected chi connectivity index (χ3v) is 11.6. The van der Waals surface area contributed by atoms with Crippen LogP contribution < -0.4 is 5.46 Å². The van der Waals surface area contributed by atoms with Crippen molar-refractivity contribution in [2.24, 2.45) is 0 Å². The second-order valence-corrected chi connectivity index (χ2v) is 14.6. The molecule has 5 heteroatoms. The first kappa shape index (κ1) is 28.5. The topological polar surface area (TPSA) is 23.4 Å². The van der Waals surface area contributed by atoms with Crippen LogP contribution >= 0.6 is 11.3 Å². The van der Waals surface area contributed by atoms with E-state index in [0.29, 0.717) is 0 Å². The fourth-order valence-electron chi connectivity index (χ4n) is 7.07. The van der Waals surface area contributed by atoms with Gasteiger partial charge in [0.2, 0.25) is 0 Å². The van der Waals surface area contributed by atoms with Gasteiger partial charge in [-0.25, -0.2) is 0 Å². The smallest absolute Gasteiger partial charge is 0.399 e. The summed E-state index contributed by atoms with van der Waals surface area (Å²) in [4.78, 5) is 0. The molecule has 6 aromatic carbocycles. The molecule has 3 nitrogen and oxygen atoms in total. The summed E-state index contributed by atoms with van der Waals surface area (Å²) in [5.41, 5.74) is 8.88. The number of nitrogens with zero attached hydrogens (tertiary/aromatic N) is 1. The number of hydrogen-bond acceptors (Lipinski definition) is 3. The van der Waals surface area contributed by atoms with Crippen molar-refractivity contribution >= 4 is 65.9 Å². The Labute approximate surface area is 279 Å². The summed E-state index contributed by atoms with van der Waals surface area (Å²) >= 11 is 1.89. The van der Waals surface area contributed by atoms with Crippen molar-refractivity contribution in [2.45, 2.75) is 38.9 Å². The van der Waals surface area contributed by atoms with Gasteiger partial charge in [-0.1, -0.05) is 103 Å². The van der Waals surface area contributed by atoms with Gasteiger partial charge in [0, 0.05) is 36.6 Å².